The average Bonchev–Trinajstić information content (AvgIpc) is 3.12. The molecule has 26 heavy (non-hydrogen) atoms. The molecule has 4 heterocycles. The second-order valence-corrected chi connectivity index (χ2v) is 7.71. The van der Waals surface area contributed by atoms with Gasteiger partial charge < -0.3 is 10.2 Å². The summed E-state index contributed by atoms with van der Waals surface area (Å²) in [5.74, 6) is 1.83. The summed E-state index contributed by atoms with van der Waals surface area (Å²) in [6.07, 6.45) is 2.44. The number of piperazine rings is 3. The van der Waals surface area contributed by atoms with Gasteiger partial charge in [-0.25, -0.2) is 0 Å². The fourth-order valence-electron chi connectivity index (χ4n) is 4.60. The number of rotatable bonds is 4. The Hall–Kier alpha value is -0.860. The molecule has 0 aliphatic carbocycles. The molecule has 0 spiro atoms. The molecule has 0 aromatic heterocycles. The first kappa shape index (κ1) is 19.9. The van der Waals surface area contributed by atoms with Crippen molar-refractivity contribution in [2.45, 2.75) is 18.9 Å². The van der Waals surface area contributed by atoms with E-state index in [1.807, 2.05) is 7.05 Å². The lowest BCUT2D eigenvalue weighted by atomic mass is 9.99. The number of halogens is 1. The molecule has 5 rings (SSSR count). The number of hydrogen-bond donors (Lipinski definition) is 1. The number of nitrogens with zero attached hydrogens (tertiary/aromatic N) is 4. The lowest BCUT2D eigenvalue weighted by molar-refractivity contribution is 0.0152. The second-order valence-electron chi connectivity index (χ2n) is 7.71. The van der Waals surface area contributed by atoms with E-state index in [0.29, 0.717) is 6.04 Å². The molecule has 6 heteroatoms. The van der Waals surface area contributed by atoms with Gasteiger partial charge in [0.2, 0.25) is 0 Å². The smallest absolute Gasteiger partial charge is 0.193 e. The van der Waals surface area contributed by atoms with Crippen molar-refractivity contribution in [3.8, 4) is 0 Å². The first-order chi connectivity index (χ1) is 12.3. The van der Waals surface area contributed by atoms with E-state index in [1.54, 1.807) is 0 Å². The first-order valence-corrected chi connectivity index (χ1v) is 9.78. The van der Waals surface area contributed by atoms with Crippen LogP contribution >= 0.6 is 24.0 Å². The zero-order valence-electron chi connectivity index (χ0n) is 15.8. The third-order valence-corrected chi connectivity index (χ3v) is 6.05. The van der Waals surface area contributed by atoms with Gasteiger partial charge in [0.1, 0.15) is 0 Å². The maximum absolute atomic E-state index is 4.56. The second kappa shape index (κ2) is 9.37. The summed E-state index contributed by atoms with van der Waals surface area (Å²) in [6, 6.07) is 11.5. The molecule has 4 aliphatic heterocycles. The largest absolute Gasteiger partial charge is 0.355 e. The van der Waals surface area contributed by atoms with Gasteiger partial charge in [0.05, 0.1) is 0 Å². The van der Waals surface area contributed by atoms with Crippen molar-refractivity contribution in [2.75, 3.05) is 59.4 Å². The number of nitrogens with one attached hydrogen (secondary N) is 1. The summed E-state index contributed by atoms with van der Waals surface area (Å²) in [5, 5.41) is 3.66. The van der Waals surface area contributed by atoms with Crippen molar-refractivity contribution < 1.29 is 0 Å². The average molecular weight is 469 g/mol. The minimum atomic E-state index is 0. The highest BCUT2D eigenvalue weighted by Crippen LogP contribution is 2.21. The molecule has 1 N–H and O–H groups in total. The quantitative estimate of drug-likeness (QED) is 0.414. The van der Waals surface area contributed by atoms with Crippen LogP contribution in [0.1, 0.15) is 12.0 Å². The highest BCUT2D eigenvalue weighted by Gasteiger charge is 2.32. The highest BCUT2D eigenvalue weighted by molar-refractivity contribution is 14.0. The molecule has 2 atom stereocenters. The summed E-state index contributed by atoms with van der Waals surface area (Å²) >= 11 is 0. The fraction of sp³-hybridized carbons (Fsp3) is 0.650. The number of hydrogen-bond acceptors (Lipinski definition) is 3. The molecule has 2 unspecified atom stereocenters. The molecule has 144 valence electrons. The van der Waals surface area contributed by atoms with Crippen LogP contribution in [0.3, 0.4) is 0 Å². The number of aliphatic imine (C=N–C) groups is 1. The Kier molecular flexibility index (Phi) is 7.17. The fourth-order valence-corrected chi connectivity index (χ4v) is 4.60. The topological polar surface area (TPSA) is 34.1 Å². The molecule has 4 aliphatic rings. The molecule has 0 radical (unpaired) electrons. The van der Waals surface area contributed by atoms with Crippen molar-refractivity contribution >= 4 is 29.9 Å². The maximum Gasteiger partial charge on any atom is 0.193 e. The van der Waals surface area contributed by atoms with Gasteiger partial charge in [0.15, 0.2) is 5.96 Å². The summed E-state index contributed by atoms with van der Waals surface area (Å²) < 4.78 is 0. The van der Waals surface area contributed by atoms with E-state index >= 15 is 0 Å². The molecule has 0 amide bonds. The molecule has 0 saturated carbocycles. The predicted octanol–water partition coefficient (Wildman–Crippen LogP) is 1.74. The van der Waals surface area contributed by atoms with E-state index in [4.69, 9.17) is 0 Å². The molecule has 4 saturated heterocycles. The van der Waals surface area contributed by atoms with E-state index in [2.05, 4.69) is 55.3 Å². The standard InChI is InChI=1S/C20H31N5.HI/c1-21-20(22-14-19-16-23-9-11-24(19)12-10-23)25-8-7-18(15-25)13-17-5-3-2-4-6-17;/h2-6,18-19H,7-16H2,1H3,(H,21,22);1H. The highest BCUT2D eigenvalue weighted by atomic mass is 127. The molecule has 1 aromatic carbocycles. The van der Waals surface area contributed by atoms with Gasteiger partial charge >= 0.3 is 0 Å². The van der Waals surface area contributed by atoms with Crippen molar-refractivity contribution in [1.82, 2.24) is 20.0 Å². The van der Waals surface area contributed by atoms with Gasteiger partial charge in [-0.2, -0.15) is 0 Å². The Morgan fingerprint density at radius 2 is 1.85 bits per heavy atom. The van der Waals surface area contributed by atoms with E-state index < -0.39 is 0 Å². The third kappa shape index (κ3) is 4.70. The van der Waals surface area contributed by atoms with E-state index in [-0.39, 0.29) is 24.0 Å². The Bertz CT molecular complexity index is 585. The van der Waals surface area contributed by atoms with Crippen molar-refractivity contribution in [3.63, 3.8) is 0 Å². The Morgan fingerprint density at radius 3 is 2.50 bits per heavy atom. The lowest BCUT2D eigenvalue weighted by Gasteiger charge is -2.47. The molecule has 1 aromatic rings. The number of benzene rings is 1. The number of likely N-dealkylation sites (tertiary alicyclic amines) is 1. The van der Waals surface area contributed by atoms with E-state index in [1.165, 1.54) is 51.1 Å². The van der Waals surface area contributed by atoms with Gasteiger partial charge in [-0.1, -0.05) is 30.3 Å². The van der Waals surface area contributed by atoms with E-state index in [9.17, 15) is 0 Å². The van der Waals surface area contributed by atoms with Crippen LogP contribution in [-0.2, 0) is 6.42 Å². The molecule has 5 nitrogen and oxygen atoms in total. The summed E-state index contributed by atoms with van der Waals surface area (Å²) in [4.78, 5) is 12.2. The summed E-state index contributed by atoms with van der Waals surface area (Å²) in [5.41, 5.74) is 1.46. The van der Waals surface area contributed by atoms with Crippen molar-refractivity contribution in [3.05, 3.63) is 35.9 Å². The number of fused-ring (bicyclic) bond motifs is 3. The molecule has 2 bridgehead atoms. The Morgan fingerprint density at radius 1 is 1.08 bits per heavy atom. The van der Waals surface area contributed by atoms with Crippen molar-refractivity contribution in [1.29, 1.82) is 0 Å². The Balaban J connectivity index is 0.00000196. The monoisotopic (exact) mass is 469 g/mol. The number of guanidine groups is 1. The van der Waals surface area contributed by atoms with Crippen LogP contribution in [0.4, 0.5) is 0 Å². The van der Waals surface area contributed by atoms with Crippen LogP contribution in [-0.4, -0.2) is 86.1 Å². The van der Waals surface area contributed by atoms with E-state index in [0.717, 1.165) is 31.5 Å². The molecular formula is C20H32IN5. The van der Waals surface area contributed by atoms with Crippen LogP contribution in [0.5, 0.6) is 0 Å². The third-order valence-electron chi connectivity index (χ3n) is 6.05. The van der Waals surface area contributed by atoms with Crippen LogP contribution < -0.4 is 5.32 Å². The van der Waals surface area contributed by atoms with Gasteiger partial charge in [-0.15, -0.1) is 24.0 Å². The van der Waals surface area contributed by atoms with Crippen LogP contribution in [0.2, 0.25) is 0 Å². The normalized spacial score (nSPS) is 31.0. The maximum atomic E-state index is 4.56. The predicted molar refractivity (Wildman–Crippen MR) is 118 cm³/mol. The molecular weight excluding hydrogens is 437 g/mol. The van der Waals surface area contributed by atoms with Gasteiger partial charge in [-0.05, 0) is 24.3 Å². The zero-order valence-corrected chi connectivity index (χ0v) is 18.1. The SMILES string of the molecule is CN=C(NCC1CN2CCN1CC2)N1CCC(Cc2ccccc2)C1.I. The zero-order chi connectivity index (χ0) is 17.1. The van der Waals surface area contributed by atoms with Crippen molar-refractivity contribution in [2.24, 2.45) is 10.9 Å². The van der Waals surface area contributed by atoms with Crippen LogP contribution in [0.25, 0.3) is 0 Å². The first-order valence-electron chi connectivity index (χ1n) is 9.78. The Labute approximate surface area is 174 Å². The summed E-state index contributed by atoms with van der Waals surface area (Å²) in [7, 11) is 1.92. The lowest BCUT2D eigenvalue weighted by Crippen LogP contribution is -2.63. The van der Waals surface area contributed by atoms with Crippen LogP contribution in [0.15, 0.2) is 35.3 Å². The van der Waals surface area contributed by atoms with Gasteiger partial charge in [0, 0.05) is 65.4 Å². The minimum Gasteiger partial charge on any atom is -0.355 e. The summed E-state index contributed by atoms with van der Waals surface area (Å²) in [6.45, 7) is 9.43. The van der Waals surface area contributed by atoms with Crippen LogP contribution in [0, 0.1) is 5.92 Å². The van der Waals surface area contributed by atoms with Gasteiger partial charge in [0.25, 0.3) is 0 Å². The minimum absolute atomic E-state index is 0. The molecule has 4 fully saturated rings. The van der Waals surface area contributed by atoms with Gasteiger partial charge in [-0.3, -0.25) is 14.8 Å².